The SMILES string of the molecule is COc1cncc(N2CCNCC2C(=O)N(C)C)n1. The topological polar surface area (TPSA) is 70.6 Å². The number of methoxy groups -OCH3 is 1. The molecule has 0 spiro atoms. The molecule has 1 aromatic rings. The zero-order chi connectivity index (χ0) is 13.8. The van der Waals surface area contributed by atoms with E-state index in [1.54, 1.807) is 38.5 Å². The van der Waals surface area contributed by atoms with E-state index in [9.17, 15) is 4.79 Å². The van der Waals surface area contributed by atoms with E-state index >= 15 is 0 Å². The number of carbonyl (C=O) groups excluding carboxylic acids is 1. The van der Waals surface area contributed by atoms with Crippen LogP contribution < -0.4 is 15.0 Å². The Bertz CT molecular complexity index is 452. The number of piperazine rings is 1. The lowest BCUT2D eigenvalue weighted by atomic mass is 10.1. The highest BCUT2D eigenvalue weighted by Crippen LogP contribution is 2.18. The van der Waals surface area contributed by atoms with Crippen molar-refractivity contribution >= 4 is 11.7 Å². The Morgan fingerprint density at radius 1 is 1.53 bits per heavy atom. The quantitative estimate of drug-likeness (QED) is 0.783. The van der Waals surface area contributed by atoms with Gasteiger partial charge in [-0.15, -0.1) is 0 Å². The highest BCUT2D eigenvalue weighted by atomic mass is 16.5. The van der Waals surface area contributed by atoms with Crippen LogP contribution in [0.4, 0.5) is 5.82 Å². The largest absolute Gasteiger partial charge is 0.480 e. The number of amides is 1. The van der Waals surface area contributed by atoms with Gasteiger partial charge in [0.2, 0.25) is 11.8 Å². The summed E-state index contributed by atoms with van der Waals surface area (Å²) in [6.07, 6.45) is 3.21. The number of nitrogens with one attached hydrogen (secondary N) is 1. The standard InChI is InChI=1S/C12H19N5O2/c1-16(2)12(18)9-6-13-4-5-17(9)10-7-14-8-11(15-10)19-3/h7-9,13H,4-6H2,1-3H3. The van der Waals surface area contributed by atoms with Gasteiger partial charge in [0, 0.05) is 33.7 Å². The highest BCUT2D eigenvalue weighted by molar-refractivity contribution is 5.85. The van der Waals surface area contributed by atoms with E-state index in [1.165, 1.54) is 0 Å². The Morgan fingerprint density at radius 2 is 2.32 bits per heavy atom. The molecule has 0 saturated carbocycles. The molecular formula is C12H19N5O2. The molecule has 1 fully saturated rings. The summed E-state index contributed by atoms with van der Waals surface area (Å²) in [5.74, 6) is 1.17. The van der Waals surface area contributed by atoms with E-state index in [0.717, 1.165) is 6.54 Å². The second-order valence-electron chi connectivity index (χ2n) is 4.57. The van der Waals surface area contributed by atoms with Crippen molar-refractivity contribution in [2.45, 2.75) is 6.04 Å². The summed E-state index contributed by atoms with van der Waals surface area (Å²) < 4.78 is 5.08. The van der Waals surface area contributed by atoms with Crippen molar-refractivity contribution in [1.82, 2.24) is 20.2 Å². The predicted octanol–water partition coefficient (Wildman–Crippen LogP) is -0.648. The van der Waals surface area contributed by atoms with Crippen LogP contribution in [0.25, 0.3) is 0 Å². The first-order valence-electron chi connectivity index (χ1n) is 6.18. The Balaban J connectivity index is 2.25. The maximum atomic E-state index is 12.2. The smallest absolute Gasteiger partial charge is 0.246 e. The lowest BCUT2D eigenvalue weighted by Gasteiger charge is -2.37. The second kappa shape index (κ2) is 5.83. The fraction of sp³-hybridized carbons (Fsp3) is 0.583. The molecule has 1 aromatic heterocycles. The molecule has 104 valence electrons. The van der Waals surface area contributed by atoms with Crippen molar-refractivity contribution in [3.05, 3.63) is 12.4 Å². The number of nitrogens with zero attached hydrogens (tertiary/aromatic N) is 4. The van der Waals surface area contributed by atoms with E-state index in [4.69, 9.17) is 4.74 Å². The third-order valence-electron chi connectivity index (χ3n) is 3.07. The van der Waals surface area contributed by atoms with Crippen LogP contribution in [-0.4, -0.2) is 67.7 Å². The van der Waals surface area contributed by atoms with Gasteiger partial charge in [-0.05, 0) is 0 Å². The fourth-order valence-corrected chi connectivity index (χ4v) is 2.07. The van der Waals surface area contributed by atoms with E-state index in [0.29, 0.717) is 24.8 Å². The van der Waals surface area contributed by atoms with Crippen molar-refractivity contribution in [2.24, 2.45) is 0 Å². The van der Waals surface area contributed by atoms with E-state index in [2.05, 4.69) is 15.3 Å². The molecule has 0 aliphatic carbocycles. The molecule has 2 rings (SSSR count). The molecule has 1 amide bonds. The van der Waals surface area contributed by atoms with E-state index < -0.39 is 0 Å². The predicted molar refractivity (Wildman–Crippen MR) is 71.3 cm³/mol. The maximum absolute atomic E-state index is 12.2. The van der Waals surface area contributed by atoms with Gasteiger partial charge in [-0.2, -0.15) is 4.98 Å². The number of ether oxygens (including phenoxy) is 1. The molecular weight excluding hydrogens is 246 g/mol. The van der Waals surface area contributed by atoms with Crippen LogP contribution in [0.1, 0.15) is 0 Å². The lowest BCUT2D eigenvalue weighted by molar-refractivity contribution is -0.130. The number of carbonyl (C=O) groups is 1. The Kier molecular flexibility index (Phi) is 4.16. The minimum absolute atomic E-state index is 0.0526. The number of likely N-dealkylation sites (N-methyl/N-ethyl adjacent to an activating group) is 1. The van der Waals surface area contributed by atoms with Gasteiger partial charge >= 0.3 is 0 Å². The van der Waals surface area contributed by atoms with Gasteiger partial charge in [0.05, 0.1) is 19.5 Å². The van der Waals surface area contributed by atoms with Crippen LogP contribution in [-0.2, 0) is 4.79 Å². The Morgan fingerprint density at radius 3 is 3.00 bits per heavy atom. The third-order valence-corrected chi connectivity index (χ3v) is 3.07. The van der Waals surface area contributed by atoms with Crippen molar-refractivity contribution in [2.75, 3.05) is 45.7 Å². The van der Waals surface area contributed by atoms with Gasteiger partial charge in [-0.1, -0.05) is 0 Å². The zero-order valence-corrected chi connectivity index (χ0v) is 11.5. The molecule has 1 saturated heterocycles. The first-order valence-corrected chi connectivity index (χ1v) is 6.18. The van der Waals surface area contributed by atoms with Gasteiger partial charge in [0.15, 0.2) is 5.82 Å². The summed E-state index contributed by atoms with van der Waals surface area (Å²) in [4.78, 5) is 24.2. The summed E-state index contributed by atoms with van der Waals surface area (Å²) >= 11 is 0. The monoisotopic (exact) mass is 265 g/mol. The number of aromatic nitrogens is 2. The normalized spacial score (nSPS) is 19.1. The number of hydrogen-bond acceptors (Lipinski definition) is 6. The molecule has 19 heavy (non-hydrogen) atoms. The zero-order valence-electron chi connectivity index (χ0n) is 11.5. The van der Waals surface area contributed by atoms with Crippen molar-refractivity contribution < 1.29 is 9.53 Å². The minimum Gasteiger partial charge on any atom is -0.480 e. The van der Waals surface area contributed by atoms with Crippen molar-refractivity contribution in [3.8, 4) is 5.88 Å². The molecule has 1 aliphatic rings. The minimum atomic E-state index is -0.259. The highest BCUT2D eigenvalue weighted by Gasteiger charge is 2.30. The first kappa shape index (κ1) is 13.5. The first-order chi connectivity index (χ1) is 9.13. The second-order valence-corrected chi connectivity index (χ2v) is 4.57. The average Bonchev–Trinajstić information content (AvgIpc) is 2.46. The van der Waals surface area contributed by atoms with Crippen LogP contribution in [0.2, 0.25) is 0 Å². The molecule has 1 aliphatic heterocycles. The summed E-state index contributed by atoms with van der Waals surface area (Å²) in [5.41, 5.74) is 0. The molecule has 0 radical (unpaired) electrons. The Hall–Kier alpha value is -1.89. The van der Waals surface area contributed by atoms with Crippen LogP contribution >= 0.6 is 0 Å². The number of rotatable bonds is 3. The molecule has 7 heteroatoms. The van der Waals surface area contributed by atoms with Gasteiger partial charge in [0.1, 0.15) is 6.04 Å². The Labute approximate surface area is 112 Å². The van der Waals surface area contributed by atoms with Crippen LogP contribution in [0.15, 0.2) is 12.4 Å². The molecule has 0 aromatic carbocycles. The molecule has 1 N–H and O–H groups in total. The molecule has 1 atom stereocenters. The number of anilines is 1. The fourth-order valence-electron chi connectivity index (χ4n) is 2.07. The third kappa shape index (κ3) is 2.93. The van der Waals surface area contributed by atoms with E-state index in [1.807, 2.05) is 4.90 Å². The van der Waals surface area contributed by atoms with Gasteiger partial charge in [-0.25, -0.2) is 0 Å². The summed E-state index contributed by atoms with van der Waals surface area (Å²) in [6.45, 7) is 2.14. The lowest BCUT2D eigenvalue weighted by Crippen LogP contribution is -2.58. The summed E-state index contributed by atoms with van der Waals surface area (Å²) in [5, 5.41) is 3.23. The van der Waals surface area contributed by atoms with Gasteiger partial charge in [-0.3, -0.25) is 9.78 Å². The van der Waals surface area contributed by atoms with E-state index in [-0.39, 0.29) is 11.9 Å². The maximum Gasteiger partial charge on any atom is 0.246 e. The van der Waals surface area contributed by atoms with Crippen LogP contribution in [0, 0.1) is 0 Å². The van der Waals surface area contributed by atoms with Crippen molar-refractivity contribution in [1.29, 1.82) is 0 Å². The number of hydrogen-bond donors (Lipinski definition) is 1. The van der Waals surface area contributed by atoms with Gasteiger partial charge < -0.3 is 19.9 Å². The van der Waals surface area contributed by atoms with Crippen LogP contribution in [0.5, 0.6) is 5.88 Å². The molecule has 0 bridgehead atoms. The van der Waals surface area contributed by atoms with Gasteiger partial charge in [0.25, 0.3) is 0 Å². The van der Waals surface area contributed by atoms with Crippen LogP contribution in [0.3, 0.4) is 0 Å². The molecule has 2 heterocycles. The molecule has 1 unspecified atom stereocenters. The summed E-state index contributed by atoms with van der Waals surface area (Å²) in [7, 11) is 5.06. The molecule has 7 nitrogen and oxygen atoms in total. The summed E-state index contributed by atoms with van der Waals surface area (Å²) in [6, 6.07) is -0.259. The van der Waals surface area contributed by atoms with Crippen molar-refractivity contribution in [3.63, 3.8) is 0 Å². The average molecular weight is 265 g/mol.